The quantitative estimate of drug-likeness (QED) is 0.538. The molecule has 0 saturated carbocycles. The third-order valence-corrected chi connectivity index (χ3v) is 3.68. The van der Waals surface area contributed by atoms with Gasteiger partial charge in [-0.2, -0.15) is 0 Å². The average Bonchev–Trinajstić information content (AvgIpc) is 2.51. The Morgan fingerprint density at radius 3 is 2.29 bits per heavy atom. The number of carbonyl (C=O) groups excluding carboxylic acids is 2. The molecular formula is C16H22BrN3O4. The Balaban J connectivity index is 2.53. The molecule has 0 aliphatic rings. The van der Waals surface area contributed by atoms with Crippen molar-refractivity contribution in [3.8, 4) is 0 Å². The lowest BCUT2D eigenvalue weighted by molar-refractivity contribution is -0.138. The van der Waals surface area contributed by atoms with E-state index in [1.54, 1.807) is 24.3 Å². The molecule has 4 N–H and O–H groups in total. The number of aliphatic carboxylic acids is 1. The van der Waals surface area contributed by atoms with Crippen LogP contribution >= 0.6 is 15.9 Å². The molecular weight excluding hydrogens is 378 g/mol. The third kappa shape index (κ3) is 7.96. The number of urea groups is 1. The lowest BCUT2D eigenvalue weighted by Crippen LogP contribution is -2.42. The zero-order valence-electron chi connectivity index (χ0n) is 13.6. The standard InChI is InChI=1S/C16H22BrN3O4/c1-10(2)7-11(15(23)18-9-14(21)22)8-19-16(24)20-13-5-3-12(17)4-6-13/h3-6,10-11H,7-9H2,1-2H3,(H,18,23)(H,21,22)(H2,19,20,24). The van der Waals surface area contributed by atoms with Gasteiger partial charge in [0, 0.05) is 16.7 Å². The zero-order valence-corrected chi connectivity index (χ0v) is 15.2. The van der Waals surface area contributed by atoms with Crippen LogP contribution in [0, 0.1) is 11.8 Å². The predicted octanol–water partition coefficient (Wildman–Crippen LogP) is 2.43. The Labute approximate surface area is 149 Å². The summed E-state index contributed by atoms with van der Waals surface area (Å²) in [5.74, 6) is -1.73. The van der Waals surface area contributed by atoms with Gasteiger partial charge in [0.15, 0.2) is 0 Å². The van der Waals surface area contributed by atoms with E-state index in [4.69, 9.17) is 5.11 Å². The lowest BCUT2D eigenvalue weighted by Gasteiger charge is -2.19. The van der Waals surface area contributed by atoms with Crippen LogP contribution in [0.3, 0.4) is 0 Å². The molecule has 3 amide bonds. The van der Waals surface area contributed by atoms with Gasteiger partial charge in [-0.3, -0.25) is 9.59 Å². The molecule has 24 heavy (non-hydrogen) atoms. The van der Waals surface area contributed by atoms with Crippen LogP contribution in [-0.2, 0) is 9.59 Å². The molecule has 8 heteroatoms. The predicted molar refractivity (Wildman–Crippen MR) is 94.8 cm³/mol. The monoisotopic (exact) mass is 399 g/mol. The summed E-state index contributed by atoms with van der Waals surface area (Å²) in [4.78, 5) is 34.5. The maximum atomic E-state index is 12.0. The fourth-order valence-corrected chi connectivity index (χ4v) is 2.35. The average molecular weight is 400 g/mol. The van der Waals surface area contributed by atoms with Gasteiger partial charge in [0.2, 0.25) is 5.91 Å². The number of carbonyl (C=O) groups is 3. The highest BCUT2D eigenvalue weighted by molar-refractivity contribution is 9.10. The van der Waals surface area contributed by atoms with Crippen LogP contribution in [0.5, 0.6) is 0 Å². The highest BCUT2D eigenvalue weighted by Crippen LogP contribution is 2.14. The van der Waals surface area contributed by atoms with Gasteiger partial charge < -0.3 is 21.1 Å². The normalized spacial score (nSPS) is 11.7. The summed E-state index contributed by atoms with van der Waals surface area (Å²) in [5.41, 5.74) is 0.631. The summed E-state index contributed by atoms with van der Waals surface area (Å²) in [6, 6.07) is 6.67. The Hall–Kier alpha value is -2.09. The third-order valence-electron chi connectivity index (χ3n) is 3.15. The summed E-state index contributed by atoms with van der Waals surface area (Å²) >= 11 is 3.31. The molecule has 1 atom stereocenters. The molecule has 0 aliphatic heterocycles. The van der Waals surface area contributed by atoms with Crippen molar-refractivity contribution in [2.24, 2.45) is 11.8 Å². The number of halogens is 1. The van der Waals surface area contributed by atoms with Crippen molar-refractivity contribution < 1.29 is 19.5 Å². The SMILES string of the molecule is CC(C)CC(CNC(=O)Nc1ccc(Br)cc1)C(=O)NCC(=O)O. The van der Waals surface area contributed by atoms with Crippen molar-refractivity contribution >= 4 is 39.5 Å². The summed E-state index contributed by atoms with van der Waals surface area (Å²) in [5, 5.41) is 16.3. The van der Waals surface area contributed by atoms with Crippen molar-refractivity contribution in [2.45, 2.75) is 20.3 Å². The van der Waals surface area contributed by atoms with E-state index in [-0.39, 0.29) is 18.4 Å². The van der Waals surface area contributed by atoms with E-state index in [1.165, 1.54) is 0 Å². The van der Waals surface area contributed by atoms with Gasteiger partial charge in [0.1, 0.15) is 6.54 Å². The molecule has 0 aromatic heterocycles. The highest BCUT2D eigenvalue weighted by atomic mass is 79.9. The number of anilines is 1. The van der Waals surface area contributed by atoms with Crippen LogP contribution in [0.4, 0.5) is 10.5 Å². The maximum absolute atomic E-state index is 12.0. The number of carboxylic acid groups (broad SMARTS) is 1. The number of carboxylic acids is 1. The van der Waals surface area contributed by atoms with Gasteiger partial charge in [0.05, 0.1) is 5.92 Å². The van der Waals surface area contributed by atoms with Crippen LogP contribution in [-0.4, -0.2) is 36.1 Å². The van der Waals surface area contributed by atoms with Gasteiger partial charge in [-0.25, -0.2) is 4.79 Å². The Kier molecular flexibility index (Phi) is 8.25. The van der Waals surface area contributed by atoms with E-state index in [0.717, 1.165) is 4.47 Å². The molecule has 132 valence electrons. The second-order valence-corrected chi connectivity index (χ2v) is 6.70. The number of hydrogen-bond donors (Lipinski definition) is 4. The molecule has 0 saturated heterocycles. The zero-order chi connectivity index (χ0) is 18.1. The van der Waals surface area contributed by atoms with Gasteiger partial charge in [-0.15, -0.1) is 0 Å². The molecule has 0 bridgehead atoms. The van der Waals surface area contributed by atoms with E-state index in [2.05, 4.69) is 31.9 Å². The van der Waals surface area contributed by atoms with Crippen LogP contribution in [0.2, 0.25) is 0 Å². The second kappa shape index (κ2) is 9.92. The Morgan fingerprint density at radius 1 is 1.12 bits per heavy atom. The smallest absolute Gasteiger partial charge is 0.322 e. The Morgan fingerprint density at radius 2 is 1.75 bits per heavy atom. The molecule has 1 rings (SSSR count). The number of rotatable bonds is 8. The fourth-order valence-electron chi connectivity index (χ4n) is 2.08. The minimum absolute atomic E-state index is 0.131. The van der Waals surface area contributed by atoms with Gasteiger partial charge in [0.25, 0.3) is 0 Å². The first kappa shape index (κ1) is 20.0. The molecule has 0 spiro atoms. The molecule has 1 aromatic carbocycles. The fraction of sp³-hybridized carbons (Fsp3) is 0.438. The molecule has 0 aliphatic carbocycles. The van der Waals surface area contributed by atoms with Gasteiger partial charge >= 0.3 is 12.0 Å². The molecule has 7 nitrogen and oxygen atoms in total. The van der Waals surface area contributed by atoms with E-state index in [1.807, 2.05) is 13.8 Å². The molecule has 1 unspecified atom stereocenters. The minimum Gasteiger partial charge on any atom is -0.480 e. The lowest BCUT2D eigenvalue weighted by atomic mass is 9.96. The van der Waals surface area contributed by atoms with Crippen LogP contribution in [0.25, 0.3) is 0 Å². The second-order valence-electron chi connectivity index (χ2n) is 5.78. The number of benzene rings is 1. The molecule has 0 radical (unpaired) electrons. The van der Waals surface area contributed by atoms with Crippen LogP contribution in [0.1, 0.15) is 20.3 Å². The molecule has 0 heterocycles. The highest BCUT2D eigenvalue weighted by Gasteiger charge is 2.21. The van der Waals surface area contributed by atoms with Crippen molar-refractivity contribution in [1.82, 2.24) is 10.6 Å². The van der Waals surface area contributed by atoms with E-state index in [9.17, 15) is 14.4 Å². The van der Waals surface area contributed by atoms with E-state index < -0.39 is 24.5 Å². The van der Waals surface area contributed by atoms with E-state index >= 15 is 0 Å². The topological polar surface area (TPSA) is 108 Å². The van der Waals surface area contributed by atoms with Crippen molar-refractivity contribution in [1.29, 1.82) is 0 Å². The molecule has 0 fully saturated rings. The van der Waals surface area contributed by atoms with Crippen molar-refractivity contribution in [2.75, 3.05) is 18.4 Å². The number of nitrogens with one attached hydrogen (secondary N) is 3. The summed E-state index contributed by atoms with van der Waals surface area (Å²) in [6.45, 7) is 3.61. The van der Waals surface area contributed by atoms with Crippen LogP contribution < -0.4 is 16.0 Å². The Bertz CT molecular complexity index is 575. The van der Waals surface area contributed by atoms with Crippen LogP contribution in [0.15, 0.2) is 28.7 Å². The minimum atomic E-state index is -1.10. The first-order valence-electron chi connectivity index (χ1n) is 7.58. The van der Waals surface area contributed by atoms with Crippen molar-refractivity contribution in [3.63, 3.8) is 0 Å². The largest absolute Gasteiger partial charge is 0.480 e. The van der Waals surface area contributed by atoms with Crippen molar-refractivity contribution in [3.05, 3.63) is 28.7 Å². The van der Waals surface area contributed by atoms with E-state index in [0.29, 0.717) is 12.1 Å². The summed E-state index contributed by atoms with van der Waals surface area (Å²) in [7, 11) is 0. The number of hydrogen-bond acceptors (Lipinski definition) is 3. The first-order valence-corrected chi connectivity index (χ1v) is 8.37. The van der Waals surface area contributed by atoms with Gasteiger partial charge in [-0.05, 0) is 36.6 Å². The first-order chi connectivity index (χ1) is 11.3. The summed E-state index contributed by atoms with van der Waals surface area (Å²) < 4.78 is 0.903. The summed E-state index contributed by atoms with van der Waals surface area (Å²) in [6.07, 6.45) is 0.546. The van der Waals surface area contributed by atoms with Gasteiger partial charge in [-0.1, -0.05) is 29.8 Å². The maximum Gasteiger partial charge on any atom is 0.322 e. The number of amides is 3. The molecule has 1 aromatic rings.